The van der Waals surface area contributed by atoms with Crippen molar-refractivity contribution in [2.24, 2.45) is 5.73 Å². The van der Waals surface area contributed by atoms with Crippen LogP contribution in [0.15, 0.2) is 18.2 Å². The van der Waals surface area contributed by atoms with Gasteiger partial charge in [0.2, 0.25) is 0 Å². The van der Waals surface area contributed by atoms with Gasteiger partial charge in [0, 0.05) is 24.8 Å². The van der Waals surface area contributed by atoms with Crippen molar-refractivity contribution in [3.63, 3.8) is 0 Å². The second-order valence-corrected chi connectivity index (χ2v) is 5.53. The quantitative estimate of drug-likeness (QED) is 0.802. The number of aryl methyl sites for hydroxylation is 1. The van der Waals surface area contributed by atoms with Gasteiger partial charge in [0.1, 0.15) is 10.7 Å². The molecule has 1 aliphatic heterocycles. The standard InChI is InChI=1S/C15H20N2O3S/c1-10-2-3-11(15(16)21)8-13(10)20-9-14(18)17-12-4-6-19-7-5-12/h2-3,8,12H,4-7,9H2,1H3,(H2,16,21)(H,17,18). The second kappa shape index (κ2) is 7.38. The van der Waals surface area contributed by atoms with Crippen LogP contribution < -0.4 is 15.8 Å². The molecule has 0 unspecified atom stereocenters. The molecule has 1 saturated heterocycles. The molecular weight excluding hydrogens is 288 g/mol. The lowest BCUT2D eigenvalue weighted by atomic mass is 10.1. The fourth-order valence-corrected chi connectivity index (χ4v) is 2.29. The van der Waals surface area contributed by atoms with Gasteiger partial charge in [-0.3, -0.25) is 4.79 Å². The number of hydrogen-bond donors (Lipinski definition) is 2. The Morgan fingerprint density at radius 2 is 2.19 bits per heavy atom. The summed E-state index contributed by atoms with van der Waals surface area (Å²) in [5.74, 6) is 0.504. The molecule has 3 N–H and O–H groups in total. The maximum absolute atomic E-state index is 11.9. The Balaban J connectivity index is 1.88. The summed E-state index contributed by atoms with van der Waals surface area (Å²) in [4.78, 5) is 12.2. The summed E-state index contributed by atoms with van der Waals surface area (Å²) in [6.07, 6.45) is 1.70. The molecule has 0 atom stereocenters. The molecule has 114 valence electrons. The molecule has 0 saturated carbocycles. The van der Waals surface area contributed by atoms with E-state index in [1.807, 2.05) is 19.1 Å². The van der Waals surface area contributed by atoms with Gasteiger partial charge in [-0.25, -0.2) is 0 Å². The highest BCUT2D eigenvalue weighted by molar-refractivity contribution is 7.80. The minimum absolute atomic E-state index is 0.0149. The van der Waals surface area contributed by atoms with Crippen molar-refractivity contribution in [3.8, 4) is 5.75 Å². The number of hydrogen-bond acceptors (Lipinski definition) is 4. The molecule has 1 amide bonds. The maximum Gasteiger partial charge on any atom is 0.258 e. The molecule has 6 heteroatoms. The Morgan fingerprint density at radius 3 is 2.86 bits per heavy atom. The van der Waals surface area contributed by atoms with E-state index in [-0.39, 0.29) is 18.6 Å². The third kappa shape index (κ3) is 4.68. The monoisotopic (exact) mass is 308 g/mol. The minimum Gasteiger partial charge on any atom is -0.483 e. The molecule has 5 nitrogen and oxygen atoms in total. The Bertz CT molecular complexity index is 528. The summed E-state index contributed by atoms with van der Waals surface area (Å²) >= 11 is 4.94. The normalized spacial score (nSPS) is 15.5. The molecule has 1 fully saturated rings. The van der Waals surface area contributed by atoms with E-state index in [0.29, 0.717) is 24.0 Å². The predicted molar refractivity (Wildman–Crippen MR) is 84.5 cm³/mol. The van der Waals surface area contributed by atoms with E-state index < -0.39 is 0 Å². The number of nitrogens with one attached hydrogen (secondary N) is 1. The van der Waals surface area contributed by atoms with E-state index >= 15 is 0 Å². The maximum atomic E-state index is 11.9. The summed E-state index contributed by atoms with van der Waals surface area (Å²) in [5, 5.41) is 2.95. The third-order valence-electron chi connectivity index (χ3n) is 3.42. The van der Waals surface area contributed by atoms with Crippen LogP contribution in [0.4, 0.5) is 0 Å². The van der Waals surface area contributed by atoms with Gasteiger partial charge < -0.3 is 20.5 Å². The largest absolute Gasteiger partial charge is 0.483 e. The first-order valence-electron chi connectivity index (χ1n) is 6.96. The van der Waals surface area contributed by atoms with Crippen molar-refractivity contribution in [2.45, 2.75) is 25.8 Å². The smallest absolute Gasteiger partial charge is 0.258 e. The predicted octanol–water partition coefficient (Wildman–Crippen LogP) is 1.30. The topological polar surface area (TPSA) is 73.6 Å². The molecule has 1 aromatic carbocycles. The molecule has 0 aromatic heterocycles. The lowest BCUT2D eigenvalue weighted by Gasteiger charge is -2.23. The molecule has 1 aliphatic rings. The minimum atomic E-state index is -0.123. The average Bonchev–Trinajstić information content (AvgIpc) is 2.47. The number of amides is 1. The first kappa shape index (κ1) is 15.7. The third-order valence-corrected chi connectivity index (χ3v) is 3.65. The number of benzene rings is 1. The van der Waals surface area contributed by atoms with Crippen LogP contribution in [0.5, 0.6) is 5.75 Å². The van der Waals surface area contributed by atoms with Crippen LogP contribution in [0.3, 0.4) is 0 Å². The highest BCUT2D eigenvalue weighted by Gasteiger charge is 2.16. The van der Waals surface area contributed by atoms with Gasteiger partial charge in [-0.05, 0) is 31.4 Å². The number of rotatable bonds is 5. The van der Waals surface area contributed by atoms with Crippen LogP contribution in [-0.4, -0.2) is 36.8 Å². The van der Waals surface area contributed by atoms with Gasteiger partial charge in [-0.1, -0.05) is 24.4 Å². The van der Waals surface area contributed by atoms with Crippen LogP contribution >= 0.6 is 12.2 Å². The first-order chi connectivity index (χ1) is 10.1. The highest BCUT2D eigenvalue weighted by atomic mass is 32.1. The molecule has 2 rings (SSSR count). The zero-order chi connectivity index (χ0) is 15.2. The zero-order valence-corrected chi connectivity index (χ0v) is 12.9. The Labute approximate surface area is 129 Å². The van der Waals surface area contributed by atoms with Crippen molar-refractivity contribution in [1.29, 1.82) is 0 Å². The van der Waals surface area contributed by atoms with Crippen molar-refractivity contribution < 1.29 is 14.3 Å². The van der Waals surface area contributed by atoms with Gasteiger partial charge in [0.15, 0.2) is 6.61 Å². The lowest BCUT2D eigenvalue weighted by molar-refractivity contribution is -0.124. The van der Waals surface area contributed by atoms with Crippen LogP contribution in [0, 0.1) is 6.92 Å². The number of carbonyl (C=O) groups excluding carboxylic acids is 1. The Kier molecular flexibility index (Phi) is 5.52. The molecule has 0 radical (unpaired) electrons. The molecular formula is C15H20N2O3S. The summed E-state index contributed by atoms with van der Waals surface area (Å²) in [6, 6.07) is 5.66. The van der Waals surface area contributed by atoms with Crippen LogP contribution in [0.2, 0.25) is 0 Å². The van der Waals surface area contributed by atoms with E-state index in [9.17, 15) is 4.79 Å². The van der Waals surface area contributed by atoms with E-state index in [1.54, 1.807) is 6.07 Å². The number of nitrogens with two attached hydrogens (primary N) is 1. The van der Waals surface area contributed by atoms with E-state index in [4.69, 9.17) is 27.4 Å². The number of thiocarbonyl (C=S) groups is 1. The van der Waals surface area contributed by atoms with Gasteiger partial charge in [-0.15, -0.1) is 0 Å². The van der Waals surface area contributed by atoms with Crippen molar-refractivity contribution in [2.75, 3.05) is 19.8 Å². The van der Waals surface area contributed by atoms with Crippen molar-refractivity contribution in [1.82, 2.24) is 5.32 Å². The van der Waals surface area contributed by atoms with E-state index in [0.717, 1.165) is 24.0 Å². The average molecular weight is 308 g/mol. The lowest BCUT2D eigenvalue weighted by Crippen LogP contribution is -2.41. The molecule has 0 bridgehead atoms. The van der Waals surface area contributed by atoms with Crippen molar-refractivity contribution >= 4 is 23.1 Å². The Hall–Kier alpha value is -1.66. The number of ether oxygens (including phenoxy) is 2. The molecule has 0 spiro atoms. The SMILES string of the molecule is Cc1ccc(C(N)=S)cc1OCC(=O)NC1CCOCC1. The fraction of sp³-hybridized carbons (Fsp3) is 0.467. The van der Waals surface area contributed by atoms with E-state index in [1.165, 1.54) is 0 Å². The van der Waals surface area contributed by atoms with Crippen molar-refractivity contribution in [3.05, 3.63) is 29.3 Å². The molecule has 21 heavy (non-hydrogen) atoms. The van der Waals surface area contributed by atoms with Crippen LogP contribution in [0.25, 0.3) is 0 Å². The van der Waals surface area contributed by atoms with Gasteiger partial charge in [0.25, 0.3) is 5.91 Å². The zero-order valence-electron chi connectivity index (χ0n) is 12.1. The van der Waals surface area contributed by atoms with Crippen LogP contribution in [-0.2, 0) is 9.53 Å². The van der Waals surface area contributed by atoms with E-state index in [2.05, 4.69) is 5.32 Å². The first-order valence-corrected chi connectivity index (χ1v) is 7.37. The Morgan fingerprint density at radius 1 is 1.48 bits per heavy atom. The second-order valence-electron chi connectivity index (χ2n) is 5.09. The van der Waals surface area contributed by atoms with Gasteiger partial charge in [0.05, 0.1) is 0 Å². The summed E-state index contributed by atoms with van der Waals surface area (Å²) in [7, 11) is 0. The fourth-order valence-electron chi connectivity index (χ4n) is 2.16. The molecule has 1 aromatic rings. The number of carbonyl (C=O) groups is 1. The van der Waals surface area contributed by atoms with Gasteiger partial charge >= 0.3 is 0 Å². The summed E-state index contributed by atoms with van der Waals surface area (Å²) in [5.41, 5.74) is 7.27. The summed E-state index contributed by atoms with van der Waals surface area (Å²) in [6.45, 7) is 3.29. The molecule has 0 aliphatic carbocycles. The van der Waals surface area contributed by atoms with Gasteiger partial charge in [-0.2, -0.15) is 0 Å². The highest BCUT2D eigenvalue weighted by Crippen LogP contribution is 2.19. The van der Waals surface area contributed by atoms with Crippen LogP contribution in [0.1, 0.15) is 24.0 Å². The molecule has 1 heterocycles. The summed E-state index contributed by atoms with van der Waals surface area (Å²) < 4.78 is 10.8.